The van der Waals surface area contributed by atoms with E-state index in [4.69, 9.17) is 11.6 Å². The van der Waals surface area contributed by atoms with Crippen molar-refractivity contribution in [3.05, 3.63) is 34.9 Å². The number of alkyl halides is 1. The average molecular weight is 224 g/mol. The standard InChI is InChI=1S/C13H18ClN/c14-7-8-15-10-11-5-6-12-3-1-2-4-13(12)9-11/h5-6,9,15H,1-4,7-8,10H2. The molecule has 15 heavy (non-hydrogen) atoms. The molecule has 0 heterocycles. The molecule has 0 atom stereocenters. The monoisotopic (exact) mass is 223 g/mol. The lowest BCUT2D eigenvalue weighted by atomic mass is 9.90. The van der Waals surface area contributed by atoms with Gasteiger partial charge in [-0.2, -0.15) is 0 Å². The molecule has 1 aromatic rings. The van der Waals surface area contributed by atoms with E-state index in [2.05, 4.69) is 23.5 Å². The summed E-state index contributed by atoms with van der Waals surface area (Å²) in [6.45, 7) is 1.83. The first-order chi connectivity index (χ1) is 7.40. The third-order valence-electron chi connectivity index (χ3n) is 3.01. The van der Waals surface area contributed by atoms with Crippen LogP contribution in [0.5, 0.6) is 0 Å². The average Bonchev–Trinajstić information content (AvgIpc) is 2.29. The molecule has 0 bridgehead atoms. The summed E-state index contributed by atoms with van der Waals surface area (Å²) < 4.78 is 0. The van der Waals surface area contributed by atoms with Crippen LogP contribution in [0, 0.1) is 0 Å². The van der Waals surface area contributed by atoms with E-state index in [-0.39, 0.29) is 0 Å². The number of fused-ring (bicyclic) bond motifs is 1. The molecule has 1 aromatic carbocycles. The maximum atomic E-state index is 5.62. The molecule has 2 rings (SSSR count). The third-order valence-corrected chi connectivity index (χ3v) is 3.20. The van der Waals surface area contributed by atoms with Gasteiger partial charge in [-0.3, -0.25) is 0 Å². The molecule has 0 radical (unpaired) electrons. The van der Waals surface area contributed by atoms with Crippen LogP contribution in [-0.4, -0.2) is 12.4 Å². The lowest BCUT2D eigenvalue weighted by molar-refractivity contribution is 0.679. The van der Waals surface area contributed by atoms with Crippen molar-refractivity contribution >= 4 is 11.6 Å². The molecule has 1 N–H and O–H groups in total. The molecule has 1 nitrogen and oxygen atoms in total. The first-order valence-electron chi connectivity index (χ1n) is 5.77. The van der Waals surface area contributed by atoms with Crippen molar-refractivity contribution in [1.82, 2.24) is 5.32 Å². The van der Waals surface area contributed by atoms with Crippen LogP contribution in [0.1, 0.15) is 29.5 Å². The number of halogens is 1. The van der Waals surface area contributed by atoms with Gasteiger partial charge in [-0.25, -0.2) is 0 Å². The highest BCUT2D eigenvalue weighted by Gasteiger charge is 2.08. The van der Waals surface area contributed by atoms with Gasteiger partial charge >= 0.3 is 0 Å². The Bertz CT molecular complexity index is 322. The fourth-order valence-corrected chi connectivity index (χ4v) is 2.33. The molecule has 82 valence electrons. The summed E-state index contributed by atoms with van der Waals surface area (Å²) >= 11 is 5.62. The van der Waals surface area contributed by atoms with Gasteiger partial charge in [-0.1, -0.05) is 18.2 Å². The molecule has 0 saturated carbocycles. The van der Waals surface area contributed by atoms with Gasteiger partial charge in [0.15, 0.2) is 0 Å². The summed E-state index contributed by atoms with van der Waals surface area (Å²) in [5, 5.41) is 3.33. The number of hydrogen-bond acceptors (Lipinski definition) is 1. The lowest BCUT2D eigenvalue weighted by Gasteiger charge is -2.16. The third kappa shape index (κ3) is 2.96. The van der Waals surface area contributed by atoms with Gasteiger partial charge in [-0.05, 0) is 42.4 Å². The van der Waals surface area contributed by atoms with E-state index in [9.17, 15) is 0 Å². The normalized spacial score (nSPS) is 15.0. The van der Waals surface area contributed by atoms with Gasteiger partial charge in [0.1, 0.15) is 0 Å². The Kier molecular flexibility index (Phi) is 4.04. The Morgan fingerprint density at radius 1 is 1.13 bits per heavy atom. The lowest BCUT2D eigenvalue weighted by Crippen LogP contribution is -2.16. The number of rotatable bonds is 4. The van der Waals surface area contributed by atoms with Crippen LogP contribution in [-0.2, 0) is 19.4 Å². The Balaban J connectivity index is 2.00. The molecule has 0 aliphatic heterocycles. The first kappa shape index (κ1) is 11.0. The van der Waals surface area contributed by atoms with Crippen molar-refractivity contribution in [2.45, 2.75) is 32.2 Å². The zero-order valence-electron chi connectivity index (χ0n) is 9.06. The van der Waals surface area contributed by atoms with Crippen LogP contribution in [0.25, 0.3) is 0 Å². The summed E-state index contributed by atoms with van der Waals surface area (Å²) in [5.74, 6) is 0.685. The van der Waals surface area contributed by atoms with Crippen LogP contribution < -0.4 is 5.32 Å². The summed E-state index contributed by atoms with van der Waals surface area (Å²) in [6, 6.07) is 6.90. The molecule has 2 heteroatoms. The molecular formula is C13H18ClN. The van der Waals surface area contributed by atoms with Crippen LogP contribution in [0.4, 0.5) is 0 Å². The molecule has 1 aliphatic rings. The highest BCUT2D eigenvalue weighted by Crippen LogP contribution is 2.22. The molecule has 0 fully saturated rings. The number of nitrogens with one attached hydrogen (secondary N) is 1. The molecule has 0 amide bonds. The predicted molar refractivity (Wildman–Crippen MR) is 65.5 cm³/mol. The van der Waals surface area contributed by atoms with Gasteiger partial charge < -0.3 is 5.32 Å². The van der Waals surface area contributed by atoms with Gasteiger partial charge in [0.05, 0.1) is 0 Å². The molecule has 0 spiro atoms. The van der Waals surface area contributed by atoms with E-state index in [1.54, 1.807) is 11.1 Å². The van der Waals surface area contributed by atoms with Gasteiger partial charge in [0.25, 0.3) is 0 Å². The first-order valence-corrected chi connectivity index (χ1v) is 6.31. The van der Waals surface area contributed by atoms with Gasteiger partial charge in [0.2, 0.25) is 0 Å². The largest absolute Gasteiger partial charge is 0.311 e. The highest BCUT2D eigenvalue weighted by atomic mass is 35.5. The van der Waals surface area contributed by atoms with E-state index in [0.29, 0.717) is 5.88 Å². The summed E-state index contributed by atoms with van der Waals surface area (Å²) in [7, 11) is 0. The molecule has 0 saturated heterocycles. The summed E-state index contributed by atoms with van der Waals surface area (Å²) in [6.07, 6.45) is 5.24. The van der Waals surface area contributed by atoms with Crippen LogP contribution in [0.15, 0.2) is 18.2 Å². The molecular weight excluding hydrogens is 206 g/mol. The quantitative estimate of drug-likeness (QED) is 0.612. The van der Waals surface area contributed by atoms with E-state index in [0.717, 1.165) is 13.1 Å². The van der Waals surface area contributed by atoms with Crippen molar-refractivity contribution in [3.63, 3.8) is 0 Å². The van der Waals surface area contributed by atoms with E-state index in [1.165, 1.54) is 31.2 Å². The van der Waals surface area contributed by atoms with Crippen LogP contribution in [0.2, 0.25) is 0 Å². The minimum atomic E-state index is 0.685. The smallest absolute Gasteiger partial charge is 0.0348 e. The minimum absolute atomic E-state index is 0.685. The Hall–Kier alpha value is -0.530. The van der Waals surface area contributed by atoms with Crippen molar-refractivity contribution in [3.8, 4) is 0 Å². The van der Waals surface area contributed by atoms with Crippen molar-refractivity contribution in [2.75, 3.05) is 12.4 Å². The fraction of sp³-hybridized carbons (Fsp3) is 0.538. The Morgan fingerprint density at radius 3 is 2.73 bits per heavy atom. The van der Waals surface area contributed by atoms with Crippen LogP contribution >= 0.6 is 11.6 Å². The SMILES string of the molecule is ClCCNCc1ccc2c(c1)CCCC2. The van der Waals surface area contributed by atoms with E-state index >= 15 is 0 Å². The highest BCUT2D eigenvalue weighted by molar-refractivity contribution is 6.18. The topological polar surface area (TPSA) is 12.0 Å². The van der Waals surface area contributed by atoms with E-state index < -0.39 is 0 Å². The van der Waals surface area contributed by atoms with E-state index in [1.807, 2.05) is 0 Å². The van der Waals surface area contributed by atoms with Gasteiger partial charge in [0, 0.05) is 19.0 Å². The van der Waals surface area contributed by atoms with Crippen molar-refractivity contribution < 1.29 is 0 Å². The second-order valence-corrected chi connectivity index (χ2v) is 4.55. The van der Waals surface area contributed by atoms with Crippen LogP contribution in [0.3, 0.4) is 0 Å². The maximum Gasteiger partial charge on any atom is 0.0348 e. The number of aryl methyl sites for hydroxylation is 2. The molecule has 1 aliphatic carbocycles. The predicted octanol–water partition coefficient (Wildman–Crippen LogP) is 2.89. The zero-order valence-corrected chi connectivity index (χ0v) is 9.82. The minimum Gasteiger partial charge on any atom is -0.311 e. The maximum absolute atomic E-state index is 5.62. The number of hydrogen-bond donors (Lipinski definition) is 1. The van der Waals surface area contributed by atoms with Gasteiger partial charge in [-0.15, -0.1) is 11.6 Å². The number of benzene rings is 1. The molecule has 0 aromatic heterocycles. The summed E-state index contributed by atoms with van der Waals surface area (Å²) in [4.78, 5) is 0. The fourth-order valence-electron chi connectivity index (χ4n) is 2.20. The van der Waals surface area contributed by atoms with Crippen molar-refractivity contribution in [2.24, 2.45) is 0 Å². The molecule has 0 unspecified atom stereocenters. The zero-order chi connectivity index (χ0) is 10.5. The van der Waals surface area contributed by atoms with Crippen molar-refractivity contribution in [1.29, 1.82) is 0 Å². The second-order valence-electron chi connectivity index (χ2n) is 4.18. The second kappa shape index (κ2) is 5.53. The Morgan fingerprint density at radius 2 is 1.93 bits per heavy atom. The Labute approximate surface area is 96.8 Å². The summed E-state index contributed by atoms with van der Waals surface area (Å²) in [5.41, 5.74) is 4.51.